The van der Waals surface area contributed by atoms with Crippen LogP contribution in [-0.2, 0) is 20.1 Å². The van der Waals surface area contributed by atoms with Gasteiger partial charge in [-0.3, -0.25) is 4.90 Å². The number of hydrogen-bond donors (Lipinski definition) is 1. The van der Waals surface area contributed by atoms with E-state index >= 15 is 0 Å². The molecular formula is C13H20N6. The Labute approximate surface area is 113 Å². The van der Waals surface area contributed by atoms with E-state index < -0.39 is 0 Å². The predicted octanol–water partition coefficient (Wildman–Crippen LogP) is 0.561. The molecule has 0 spiro atoms. The minimum atomic E-state index is 0.694. The molecule has 0 amide bonds. The lowest BCUT2D eigenvalue weighted by Gasteiger charge is -2.20. The van der Waals surface area contributed by atoms with Crippen molar-refractivity contribution in [3.63, 3.8) is 0 Å². The van der Waals surface area contributed by atoms with Gasteiger partial charge in [0.2, 0.25) is 0 Å². The minimum absolute atomic E-state index is 0.694. The highest BCUT2D eigenvalue weighted by atomic mass is 15.6. The SMILES string of the molecule is Cn1nnc(CN(CCCN)Cc2ccccc2)n1. The number of aromatic nitrogens is 4. The molecule has 0 bridgehead atoms. The maximum atomic E-state index is 5.59. The highest BCUT2D eigenvalue weighted by Gasteiger charge is 2.10. The summed E-state index contributed by atoms with van der Waals surface area (Å²) in [4.78, 5) is 3.78. The Hall–Kier alpha value is -1.79. The number of nitrogens with two attached hydrogens (primary N) is 1. The summed E-state index contributed by atoms with van der Waals surface area (Å²) in [7, 11) is 1.78. The molecule has 2 N–H and O–H groups in total. The van der Waals surface area contributed by atoms with Crippen molar-refractivity contribution in [3.8, 4) is 0 Å². The third-order valence-corrected chi connectivity index (χ3v) is 2.84. The molecule has 6 heteroatoms. The molecule has 19 heavy (non-hydrogen) atoms. The quantitative estimate of drug-likeness (QED) is 0.787. The van der Waals surface area contributed by atoms with Crippen LogP contribution < -0.4 is 5.73 Å². The summed E-state index contributed by atoms with van der Waals surface area (Å²) in [6, 6.07) is 10.4. The average Bonchev–Trinajstić information content (AvgIpc) is 2.82. The highest BCUT2D eigenvalue weighted by Crippen LogP contribution is 2.07. The van der Waals surface area contributed by atoms with Crippen LogP contribution in [-0.4, -0.2) is 38.2 Å². The molecule has 0 aliphatic heterocycles. The maximum absolute atomic E-state index is 5.59. The Morgan fingerprint density at radius 1 is 1.21 bits per heavy atom. The number of nitrogens with zero attached hydrogens (tertiary/aromatic N) is 5. The van der Waals surface area contributed by atoms with E-state index in [-0.39, 0.29) is 0 Å². The van der Waals surface area contributed by atoms with Gasteiger partial charge in [0.25, 0.3) is 0 Å². The normalized spacial score (nSPS) is 11.1. The van der Waals surface area contributed by atoms with Crippen LogP contribution in [0.5, 0.6) is 0 Å². The van der Waals surface area contributed by atoms with Crippen molar-refractivity contribution in [2.24, 2.45) is 12.8 Å². The first-order valence-electron chi connectivity index (χ1n) is 6.47. The van der Waals surface area contributed by atoms with Crippen molar-refractivity contribution in [1.29, 1.82) is 0 Å². The van der Waals surface area contributed by atoms with E-state index in [1.54, 1.807) is 7.05 Å². The molecule has 0 aliphatic rings. The standard InChI is InChI=1S/C13H20N6/c1-18-16-13(15-17-18)11-19(9-5-8-14)10-12-6-3-2-4-7-12/h2-4,6-7H,5,8-11,14H2,1H3. The van der Waals surface area contributed by atoms with Crippen LogP contribution in [0.3, 0.4) is 0 Å². The van der Waals surface area contributed by atoms with E-state index in [4.69, 9.17) is 5.73 Å². The molecule has 6 nitrogen and oxygen atoms in total. The van der Waals surface area contributed by atoms with Gasteiger partial charge >= 0.3 is 0 Å². The summed E-state index contributed by atoms with van der Waals surface area (Å²) < 4.78 is 0. The predicted molar refractivity (Wildman–Crippen MR) is 73.0 cm³/mol. The zero-order valence-electron chi connectivity index (χ0n) is 11.2. The zero-order valence-corrected chi connectivity index (χ0v) is 11.2. The Morgan fingerprint density at radius 2 is 2.00 bits per heavy atom. The molecule has 0 aliphatic carbocycles. The number of hydrogen-bond acceptors (Lipinski definition) is 5. The monoisotopic (exact) mass is 260 g/mol. The average molecular weight is 260 g/mol. The summed E-state index contributed by atoms with van der Waals surface area (Å²) in [5, 5.41) is 12.1. The van der Waals surface area contributed by atoms with E-state index in [1.165, 1.54) is 10.4 Å². The number of tetrazole rings is 1. The van der Waals surface area contributed by atoms with Crippen LogP contribution in [0.15, 0.2) is 30.3 Å². The molecule has 2 aromatic rings. The van der Waals surface area contributed by atoms with Crippen molar-refractivity contribution < 1.29 is 0 Å². The summed E-state index contributed by atoms with van der Waals surface area (Å²) in [6.45, 7) is 3.20. The maximum Gasteiger partial charge on any atom is 0.188 e. The van der Waals surface area contributed by atoms with Gasteiger partial charge < -0.3 is 5.73 Å². The molecule has 0 saturated carbocycles. The zero-order chi connectivity index (χ0) is 13.5. The van der Waals surface area contributed by atoms with Crippen LogP contribution >= 0.6 is 0 Å². The molecule has 102 valence electrons. The first kappa shape index (κ1) is 13.6. The largest absolute Gasteiger partial charge is 0.330 e. The van der Waals surface area contributed by atoms with Crippen molar-refractivity contribution in [2.75, 3.05) is 13.1 Å². The van der Waals surface area contributed by atoms with Crippen molar-refractivity contribution in [3.05, 3.63) is 41.7 Å². The van der Waals surface area contributed by atoms with Crippen LogP contribution in [0.25, 0.3) is 0 Å². The Kier molecular flexibility index (Phi) is 5.00. The summed E-state index contributed by atoms with van der Waals surface area (Å²) >= 11 is 0. The first-order chi connectivity index (χ1) is 9.28. The molecule has 0 atom stereocenters. The van der Waals surface area contributed by atoms with Crippen molar-refractivity contribution in [1.82, 2.24) is 25.1 Å². The molecular weight excluding hydrogens is 240 g/mol. The van der Waals surface area contributed by atoms with Gasteiger partial charge in [0.05, 0.1) is 13.6 Å². The number of rotatable bonds is 7. The van der Waals surface area contributed by atoms with E-state index in [2.05, 4.69) is 44.6 Å². The summed E-state index contributed by atoms with van der Waals surface area (Å²) in [5.74, 6) is 0.746. The van der Waals surface area contributed by atoms with Crippen LogP contribution in [0, 0.1) is 0 Å². The molecule has 1 aromatic heterocycles. The highest BCUT2D eigenvalue weighted by molar-refractivity contribution is 5.14. The fourth-order valence-corrected chi connectivity index (χ4v) is 1.96. The number of aryl methyl sites for hydroxylation is 1. The lowest BCUT2D eigenvalue weighted by Crippen LogP contribution is -2.26. The van der Waals surface area contributed by atoms with Gasteiger partial charge in [-0.25, -0.2) is 0 Å². The lowest BCUT2D eigenvalue weighted by atomic mass is 10.2. The fraction of sp³-hybridized carbons (Fsp3) is 0.462. The van der Waals surface area contributed by atoms with Crippen molar-refractivity contribution in [2.45, 2.75) is 19.5 Å². The second-order valence-corrected chi connectivity index (χ2v) is 4.53. The van der Waals surface area contributed by atoms with Gasteiger partial charge in [-0.1, -0.05) is 30.3 Å². The summed E-state index contributed by atoms with van der Waals surface area (Å²) in [5.41, 5.74) is 6.87. The van der Waals surface area contributed by atoms with Gasteiger partial charge in [0, 0.05) is 13.1 Å². The Balaban J connectivity index is 1.99. The summed E-state index contributed by atoms with van der Waals surface area (Å²) in [6.07, 6.45) is 0.965. The minimum Gasteiger partial charge on any atom is -0.330 e. The first-order valence-corrected chi connectivity index (χ1v) is 6.47. The number of benzene rings is 1. The molecule has 0 unspecified atom stereocenters. The van der Waals surface area contributed by atoms with Crippen LogP contribution in [0.2, 0.25) is 0 Å². The third-order valence-electron chi connectivity index (χ3n) is 2.84. The second-order valence-electron chi connectivity index (χ2n) is 4.53. The van der Waals surface area contributed by atoms with Crippen LogP contribution in [0.1, 0.15) is 17.8 Å². The van der Waals surface area contributed by atoms with E-state index in [0.29, 0.717) is 13.1 Å². The van der Waals surface area contributed by atoms with Gasteiger partial charge in [-0.2, -0.15) is 4.80 Å². The van der Waals surface area contributed by atoms with Crippen molar-refractivity contribution >= 4 is 0 Å². The fourth-order valence-electron chi connectivity index (χ4n) is 1.96. The Morgan fingerprint density at radius 3 is 2.63 bits per heavy atom. The topological polar surface area (TPSA) is 72.9 Å². The lowest BCUT2D eigenvalue weighted by molar-refractivity contribution is 0.248. The van der Waals surface area contributed by atoms with Gasteiger partial charge in [0.1, 0.15) is 0 Å². The van der Waals surface area contributed by atoms with Gasteiger partial charge in [0.15, 0.2) is 5.82 Å². The molecule has 1 heterocycles. The Bertz CT molecular complexity index is 481. The smallest absolute Gasteiger partial charge is 0.188 e. The van der Waals surface area contributed by atoms with Gasteiger partial charge in [-0.15, -0.1) is 10.2 Å². The molecule has 1 aromatic carbocycles. The van der Waals surface area contributed by atoms with E-state index in [9.17, 15) is 0 Å². The molecule has 0 radical (unpaired) electrons. The van der Waals surface area contributed by atoms with E-state index in [1.807, 2.05) is 6.07 Å². The molecule has 0 saturated heterocycles. The van der Waals surface area contributed by atoms with Crippen LogP contribution in [0.4, 0.5) is 0 Å². The van der Waals surface area contributed by atoms with E-state index in [0.717, 1.165) is 25.3 Å². The third kappa shape index (κ3) is 4.42. The molecule has 2 rings (SSSR count). The van der Waals surface area contributed by atoms with Gasteiger partial charge in [-0.05, 0) is 23.7 Å². The molecule has 0 fully saturated rings. The second kappa shape index (κ2) is 6.96.